The van der Waals surface area contributed by atoms with Crippen molar-refractivity contribution in [2.24, 2.45) is 5.73 Å². The van der Waals surface area contributed by atoms with E-state index in [1.807, 2.05) is 24.3 Å². The van der Waals surface area contributed by atoms with Gasteiger partial charge in [-0.1, -0.05) is 6.07 Å². The van der Waals surface area contributed by atoms with Crippen molar-refractivity contribution in [2.45, 2.75) is 6.42 Å². The van der Waals surface area contributed by atoms with Crippen LogP contribution in [0.1, 0.15) is 6.42 Å². The number of hydrogen-bond acceptors (Lipinski definition) is 4. The first-order valence-corrected chi connectivity index (χ1v) is 5.86. The fraction of sp³-hybridized carbons (Fsp3) is 0.308. The molecule has 2 rings (SSSR count). The molecule has 96 valence electrons. The molecule has 1 aromatic carbocycles. The molecule has 0 saturated heterocycles. The Balaban J connectivity index is 2.33. The highest BCUT2D eigenvalue weighted by Crippen LogP contribution is 2.37. The smallest absolute Gasteiger partial charge is 0.132 e. The van der Waals surface area contributed by atoms with Crippen molar-refractivity contribution >= 4 is 0 Å². The van der Waals surface area contributed by atoms with Crippen LogP contribution in [-0.4, -0.2) is 30.5 Å². The molecular weight excluding hydrogens is 230 g/mol. The maximum Gasteiger partial charge on any atom is 0.132 e. The monoisotopic (exact) mass is 247 g/mol. The Hall–Kier alpha value is -2.01. The highest BCUT2D eigenvalue weighted by Gasteiger charge is 2.13. The number of methoxy groups -OCH3 is 1. The second kappa shape index (κ2) is 6.07. The fourth-order valence-electron chi connectivity index (χ4n) is 1.73. The third-order valence-corrected chi connectivity index (χ3v) is 2.58. The summed E-state index contributed by atoms with van der Waals surface area (Å²) in [4.78, 5) is 0. The van der Waals surface area contributed by atoms with Crippen molar-refractivity contribution in [3.05, 3.63) is 30.5 Å². The number of hydrogen-bond donors (Lipinski definition) is 2. The second-order valence-electron chi connectivity index (χ2n) is 3.79. The van der Waals surface area contributed by atoms with E-state index in [0.717, 1.165) is 29.2 Å². The van der Waals surface area contributed by atoms with Gasteiger partial charge in [0.25, 0.3) is 0 Å². The Morgan fingerprint density at radius 3 is 2.78 bits per heavy atom. The lowest BCUT2D eigenvalue weighted by molar-refractivity contribution is 0.312. The van der Waals surface area contributed by atoms with E-state index in [4.69, 9.17) is 15.2 Å². The van der Waals surface area contributed by atoms with E-state index in [2.05, 4.69) is 10.2 Å². The molecule has 5 heteroatoms. The Bertz CT molecular complexity index is 483. The second-order valence-corrected chi connectivity index (χ2v) is 3.79. The maximum atomic E-state index is 5.74. The van der Waals surface area contributed by atoms with Gasteiger partial charge < -0.3 is 15.2 Å². The molecule has 5 nitrogen and oxygen atoms in total. The van der Waals surface area contributed by atoms with Gasteiger partial charge in [-0.05, 0) is 31.2 Å². The van der Waals surface area contributed by atoms with Crippen molar-refractivity contribution in [1.29, 1.82) is 0 Å². The lowest BCUT2D eigenvalue weighted by atomic mass is 10.1. The average Bonchev–Trinajstić information content (AvgIpc) is 2.92. The van der Waals surface area contributed by atoms with E-state index in [0.29, 0.717) is 13.2 Å². The quantitative estimate of drug-likeness (QED) is 0.763. The Morgan fingerprint density at radius 1 is 1.28 bits per heavy atom. The molecule has 0 bridgehead atoms. The molecule has 0 radical (unpaired) electrons. The molecule has 0 saturated carbocycles. The van der Waals surface area contributed by atoms with E-state index < -0.39 is 0 Å². The average molecular weight is 247 g/mol. The van der Waals surface area contributed by atoms with Crippen LogP contribution in [0.2, 0.25) is 0 Å². The number of nitrogens with two attached hydrogens (primary N) is 1. The first-order valence-electron chi connectivity index (χ1n) is 5.86. The van der Waals surface area contributed by atoms with Crippen LogP contribution in [0.15, 0.2) is 30.5 Å². The lowest BCUT2D eigenvalue weighted by Gasteiger charge is -2.13. The van der Waals surface area contributed by atoms with Gasteiger partial charge in [0.05, 0.1) is 25.0 Å². The molecular formula is C13H17N3O2. The molecule has 18 heavy (non-hydrogen) atoms. The molecule has 0 unspecified atom stereocenters. The highest BCUT2D eigenvalue weighted by molar-refractivity contribution is 5.73. The maximum absolute atomic E-state index is 5.74. The number of nitrogens with zero attached hydrogens (tertiary/aromatic N) is 1. The first-order chi connectivity index (χ1) is 8.86. The van der Waals surface area contributed by atoms with Crippen LogP contribution in [0, 0.1) is 0 Å². The first kappa shape index (κ1) is 12.4. The molecule has 0 aliphatic heterocycles. The molecule has 0 atom stereocenters. The number of aromatic amines is 1. The summed E-state index contributed by atoms with van der Waals surface area (Å²) in [5, 5.41) is 6.88. The van der Waals surface area contributed by atoms with E-state index in [9.17, 15) is 0 Å². The number of nitrogens with one attached hydrogen (secondary N) is 1. The van der Waals surface area contributed by atoms with Gasteiger partial charge in [-0.3, -0.25) is 5.10 Å². The van der Waals surface area contributed by atoms with Crippen molar-refractivity contribution in [3.8, 4) is 22.8 Å². The van der Waals surface area contributed by atoms with Crippen LogP contribution in [0.5, 0.6) is 11.5 Å². The standard InChI is InChI=1S/C13H17N3O2/c1-17-11-4-2-5-12(18-9-3-7-14)13(11)10-6-8-15-16-10/h2,4-6,8H,3,7,9,14H2,1H3,(H,15,16). The van der Waals surface area contributed by atoms with E-state index in [-0.39, 0.29) is 0 Å². The minimum absolute atomic E-state index is 0.588. The molecule has 0 amide bonds. The van der Waals surface area contributed by atoms with Crippen LogP contribution in [0.3, 0.4) is 0 Å². The van der Waals surface area contributed by atoms with E-state index in [1.54, 1.807) is 13.3 Å². The summed E-state index contributed by atoms with van der Waals surface area (Å²) in [6, 6.07) is 7.59. The number of rotatable bonds is 6. The molecule has 0 spiro atoms. The number of benzene rings is 1. The molecule has 0 fully saturated rings. The number of aromatic nitrogens is 2. The summed E-state index contributed by atoms with van der Waals surface area (Å²) in [5.74, 6) is 1.52. The Labute approximate surface area is 106 Å². The van der Waals surface area contributed by atoms with Gasteiger partial charge in [0.1, 0.15) is 11.5 Å². The van der Waals surface area contributed by atoms with Gasteiger partial charge in [0.2, 0.25) is 0 Å². The summed E-state index contributed by atoms with van der Waals surface area (Å²) in [5.41, 5.74) is 7.21. The Kier molecular flexibility index (Phi) is 4.20. The summed E-state index contributed by atoms with van der Waals surface area (Å²) < 4.78 is 11.1. The van der Waals surface area contributed by atoms with Gasteiger partial charge in [-0.2, -0.15) is 5.10 Å². The number of ether oxygens (including phenoxy) is 2. The van der Waals surface area contributed by atoms with Crippen LogP contribution in [0.25, 0.3) is 11.3 Å². The van der Waals surface area contributed by atoms with Crippen molar-refractivity contribution < 1.29 is 9.47 Å². The SMILES string of the molecule is COc1cccc(OCCCN)c1-c1ccn[nH]1. The summed E-state index contributed by atoms with van der Waals surface area (Å²) in [6.07, 6.45) is 2.52. The zero-order valence-electron chi connectivity index (χ0n) is 10.3. The molecule has 1 heterocycles. The summed E-state index contributed by atoms with van der Waals surface area (Å²) in [6.45, 7) is 1.20. The molecule has 0 aliphatic carbocycles. The largest absolute Gasteiger partial charge is 0.496 e. The van der Waals surface area contributed by atoms with Gasteiger partial charge in [-0.25, -0.2) is 0 Å². The van der Waals surface area contributed by atoms with Gasteiger partial charge in [0.15, 0.2) is 0 Å². The van der Waals surface area contributed by atoms with Crippen molar-refractivity contribution in [1.82, 2.24) is 10.2 Å². The van der Waals surface area contributed by atoms with Crippen LogP contribution < -0.4 is 15.2 Å². The van der Waals surface area contributed by atoms with Gasteiger partial charge in [-0.15, -0.1) is 0 Å². The van der Waals surface area contributed by atoms with Crippen molar-refractivity contribution in [3.63, 3.8) is 0 Å². The molecule has 1 aromatic heterocycles. The topological polar surface area (TPSA) is 73.2 Å². The van der Waals surface area contributed by atoms with E-state index in [1.165, 1.54) is 0 Å². The fourth-order valence-corrected chi connectivity index (χ4v) is 1.73. The van der Waals surface area contributed by atoms with Crippen LogP contribution in [0.4, 0.5) is 0 Å². The molecule has 0 aliphatic rings. The lowest BCUT2D eigenvalue weighted by Crippen LogP contribution is -2.07. The third-order valence-electron chi connectivity index (χ3n) is 2.58. The highest BCUT2D eigenvalue weighted by atomic mass is 16.5. The summed E-state index contributed by atoms with van der Waals surface area (Å²) >= 11 is 0. The third kappa shape index (κ3) is 2.62. The van der Waals surface area contributed by atoms with Gasteiger partial charge in [0, 0.05) is 6.20 Å². The van der Waals surface area contributed by atoms with Crippen molar-refractivity contribution in [2.75, 3.05) is 20.3 Å². The van der Waals surface area contributed by atoms with Crippen LogP contribution in [-0.2, 0) is 0 Å². The molecule has 2 aromatic rings. The summed E-state index contributed by atoms with van der Waals surface area (Å²) in [7, 11) is 1.64. The van der Waals surface area contributed by atoms with E-state index >= 15 is 0 Å². The van der Waals surface area contributed by atoms with Crippen LogP contribution >= 0.6 is 0 Å². The zero-order valence-corrected chi connectivity index (χ0v) is 10.3. The number of H-pyrrole nitrogens is 1. The Morgan fingerprint density at radius 2 is 2.11 bits per heavy atom. The zero-order chi connectivity index (χ0) is 12.8. The normalized spacial score (nSPS) is 10.3. The van der Waals surface area contributed by atoms with Gasteiger partial charge >= 0.3 is 0 Å². The predicted molar refractivity (Wildman–Crippen MR) is 69.7 cm³/mol. The minimum Gasteiger partial charge on any atom is -0.496 e. The predicted octanol–water partition coefficient (Wildman–Crippen LogP) is 1.81. The molecule has 3 N–H and O–H groups in total. The minimum atomic E-state index is 0.588.